The van der Waals surface area contributed by atoms with E-state index in [9.17, 15) is 4.79 Å². The van der Waals surface area contributed by atoms with Crippen LogP contribution in [0.2, 0.25) is 0 Å². The quantitative estimate of drug-likeness (QED) is 0.597. The molecule has 3 rings (SSSR count). The summed E-state index contributed by atoms with van der Waals surface area (Å²) in [6.45, 7) is 2.31. The molecule has 0 bridgehead atoms. The van der Waals surface area contributed by atoms with Gasteiger partial charge in [-0.1, -0.05) is 41.9 Å². The van der Waals surface area contributed by atoms with Crippen LogP contribution in [0.4, 0.5) is 0 Å². The molecule has 18 heavy (non-hydrogen) atoms. The predicted octanol–water partition coefficient (Wildman–Crippen LogP) is 1.28. The van der Waals surface area contributed by atoms with Gasteiger partial charge in [0.25, 0.3) is 10.9 Å². The summed E-state index contributed by atoms with van der Waals surface area (Å²) in [4.78, 5) is 17.0. The van der Waals surface area contributed by atoms with E-state index in [2.05, 4.69) is 4.99 Å². The van der Waals surface area contributed by atoms with Crippen molar-refractivity contribution in [3.8, 4) is 0 Å². The number of benzene rings is 1. The summed E-state index contributed by atoms with van der Waals surface area (Å²) in [7, 11) is 0. The van der Waals surface area contributed by atoms with Gasteiger partial charge in [0, 0.05) is 13.1 Å². The van der Waals surface area contributed by atoms with Gasteiger partial charge in [-0.2, -0.15) is 0 Å². The minimum Gasteiger partial charge on any atom is -0.378 e. The van der Waals surface area contributed by atoms with Gasteiger partial charge in [0.05, 0.1) is 18.9 Å². The SMILES string of the molecule is O=C(N1CCOCC1)C1(Cl)N=C1c1ccccc1. The van der Waals surface area contributed by atoms with Crippen LogP contribution in [0.1, 0.15) is 5.56 Å². The number of nitrogens with zero attached hydrogens (tertiary/aromatic N) is 2. The molecule has 1 atom stereocenters. The Balaban J connectivity index is 1.73. The second-order valence-corrected chi connectivity index (χ2v) is 4.90. The fourth-order valence-corrected chi connectivity index (χ4v) is 2.42. The van der Waals surface area contributed by atoms with Crippen LogP contribution in [0.15, 0.2) is 35.3 Å². The summed E-state index contributed by atoms with van der Waals surface area (Å²) in [5.74, 6) is -0.133. The third-order valence-corrected chi connectivity index (χ3v) is 3.58. The maximum absolute atomic E-state index is 12.3. The van der Waals surface area contributed by atoms with E-state index in [1.165, 1.54) is 0 Å². The second-order valence-electron chi connectivity index (χ2n) is 4.35. The summed E-state index contributed by atoms with van der Waals surface area (Å²) >= 11 is 6.29. The Morgan fingerprint density at radius 1 is 1.28 bits per heavy atom. The van der Waals surface area contributed by atoms with E-state index in [1.807, 2.05) is 30.3 Å². The van der Waals surface area contributed by atoms with Gasteiger partial charge >= 0.3 is 0 Å². The first kappa shape index (κ1) is 11.7. The van der Waals surface area contributed by atoms with Crippen LogP contribution in [0.3, 0.4) is 0 Å². The molecular weight excluding hydrogens is 252 g/mol. The van der Waals surface area contributed by atoms with Crippen molar-refractivity contribution in [2.24, 2.45) is 4.99 Å². The van der Waals surface area contributed by atoms with Gasteiger partial charge in [0.1, 0.15) is 0 Å². The van der Waals surface area contributed by atoms with E-state index in [0.29, 0.717) is 32.0 Å². The summed E-state index contributed by atoms with van der Waals surface area (Å²) in [5.41, 5.74) is 1.58. The highest BCUT2D eigenvalue weighted by Crippen LogP contribution is 2.38. The van der Waals surface area contributed by atoms with Gasteiger partial charge in [-0.15, -0.1) is 0 Å². The Morgan fingerprint density at radius 2 is 1.94 bits per heavy atom. The molecule has 0 N–H and O–H groups in total. The smallest absolute Gasteiger partial charge is 0.272 e. The van der Waals surface area contributed by atoms with Crippen LogP contribution >= 0.6 is 11.6 Å². The molecular formula is C13H13ClN2O2. The molecule has 2 aliphatic heterocycles. The van der Waals surface area contributed by atoms with Crippen LogP contribution in [0.5, 0.6) is 0 Å². The maximum Gasteiger partial charge on any atom is 0.272 e. The highest BCUT2D eigenvalue weighted by Gasteiger charge is 2.55. The van der Waals surface area contributed by atoms with E-state index in [-0.39, 0.29) is 5.91 Å². The lowest BCUT2D eigenvalue weighted by Crippen LogP contribution is -2.47. The number of halogens is 1. The number of carbonyl (C=O) groups is 1. The average molecular weight is 265 g/mol. The van der Waals surface area contributed by atoms with Crippen molar-refractivity contribution in [2.75, 3.05) is 26.3 Å². The zero-order valence-corrected chi connectivity index (χ0v) is 10.6. The van der Waals surface area contributed by atoms with Crippen molar-refractivity contribution in [3.63, 3.8) is 0 Å². The topological polar surface area (TPSA) is 41.9 Å². The Hall–Kier alpha value is -1.39. The fourth-order valence-electron chi connectivity index (χ4n) is 2.10. The molecule has 5 heteroatoms. The van der Waals surface area contributed by atoms with Crippen molar-refractivity contribution in [1.29, 1.82) is 0 Å². The zero-order valence-electron chi connectivity index (χ0n) is 9.80. The number of aliphatic imine (C=N–C) groups is 1. The first-order valence-electron chi connectivity index (χ1n) is 5.93. The van der Waals surface area contributed by atoms with Crippen LogP contribution < -0.4 is 0 Å². The number of amides is 1. The molecule has 1 fully saturated rings. The van der Waals surface area contributed by atoms with E-state index in [4.69, 9.17) is 16.3 Å². The van der Waals surface area contributed by atoms with E-state index in [0.717, 1.165) is 5.56 Å². The highest BCUT2D eigenvalue weighted by atomic mass is 35.5. The number of hydrogen-bond donors (Lipinski definition) is 0. The Kier molecular flexibility index (Phi) is 2.84. The number of morpholine rings is 1. The summed E-state index contributed by atoms with van der Waals surface area (Å²) < 4.78 is 5.22. The van der Waals surface area contributed by atoms with Crippen molar-refractivity contribution in [3.05, 3.63) is 35.9 Å². The highest BCUT2D eigenvalue weighted by molar-refractivity contribution is 6.55. The summed E-state index contributed by atoms with van der Waals surface area (Å²) in [6.07, 6.45) is 0. The molecule has 0 spiro atoms. The number of carbonyl (C=O) groups excluding carboxylic acids is 1. The van der Waals surface area contributed by atoms with Crippen molar-refractivity contribution in [1.82, 2.24) is 4.90 Å². The minimum atomic E-state index is -1.17. The molecule has 1 aromatic rings. The van der Waals surface area contributed by atoms with Crippen molar-refractivity contribution in [2.45, 2.75) is 5.00 Å². The van der Waals surface area contributed by atoms with E-state index < -0.39 is 5.00 Å². The molecule has 0 aliphatic carbocycles. The molecule has 2 aliphatic rings. The molecule has 0 aromatic heterocycles. The monoisotopic (exact) mass is 264 g/mol. The average Bonchev–Trinajstić information content (AvgIpc) is 3.14. The lowest BCUT2D eigenvalue weighted by Gasteiger charge is -2.28. The van der Waals surface area contributed by atoms with Crippen LogP contribution in [-0.4, -0.2) is 47.8 Å². The van der Waals surface area contributed by atoms with Gasteiger partial charge in [-0.05, 0) is 5.56 Å². The molecule has 1 amide bonds. The molecule has 1 unspecified atom stereocenters. The Labute approximate surface area is 110 Å². The lowest BCUT2D eigenvalue weighted by atomic mass is 10.1. The molecule has 94 valence electrons. The number of rotatable bonds is 2. The zero-order chi connectivity index (χ0) is 12.6. The first-order valence-corrected chi connectivity index (χ1v) is 6.31. The first-order chi connectivity index (χ1) is 8.72. The van der Waals surface area contributed by atoms with Crippen LogP contribution in [-0.2, 0) is 9.53 Å². The summed E-state index contributed by atoms with van der Waals surface area (Å²) in [5, 5.41) is 0. The fraction of sp³-hybridized carbons (Fsp3) is 0.385. The molecule has 1 aromatic carbocycles. The van der Waals surface area contributed by atoms with E-state index in [1.54, 1.807) is 4.90 Å². The normalized spacial score (nSPS) is 26.7. The molecule has 1 saturated heterocycles. The number of ether oxygens (including phenoxy) is 1. The molecule has 4 nitrogen and oxygen atoms in total. The van der Waals surface area contributed by atoms with Crippen LogP contribution in [0, 0.1) is 0 Å². The maximum atomic E-state index is 12.3. The largest absolute Gasteiger partial charge is 0.378 e. The molecule has 2 heterocycles. The van der Waals surface area contributed by atoms with Gasteiger partial charge < -0.3 is 9.64 Å². The third-order valence-electron chi connectivity index (χ3n) is 3.16. The van der Waals surface area contributed by atoms with Gasteiger partial charge in [-0.3, -0.25) is 4.79 Å². The van der Waals surface area contributed by atoms with Gasteiger partial charge in [0.15, 0.2) is 0 Å². The molecule has 0 saturated carbocycles. The van der Waals surface area contributed by atoms with Crippen LogP contribution in [0.25, 0.3) is 0 Å². The molecule has 0 radical (unpaired) electrons. The second kappa shape index (κ2) is 4.37. The summed E-state index contributed by atoms with van der Waals surface area (Å²) in [6, 6.07) is 9.57. The number of hydrogen-bond acceptors (Lipinski definition) is 3. The van der Waals surface area contributed by atoms with Gasteiger partial charge in [-0.25, -0.2) is 4.99 Å². The van der Waals surface area contributed by atoms with Crippen molar-refractivity contribution < 1.29 is 9.53 Å². The Bertz CT molecular complexity index is 497. The van der Waals surface area contributed by atoms with Crippen molar-refractivity contribution >= 4 is 23.2 Å². The number of alkyl halides is 1. The standard InChI is InChI=1S/C13H13ClN2O2/c14-13(12(17)16-6-8-18-9-7-16)11(15-13)10-4-2-1-3-5-10/h1-5H,6-9H2. The van der Waals surface area contributed by atoms with Gasteiger partial charge in [0.2, 0.25) is 0 Å². The Morgan fingerprint density at radius 3 is 2.61 bits per heavy atom. The third kappa shape index (κ3) is 1.91. The van der Waals surface area contributed by atoms with E-state index >= 15 is 0 Å². The lowest BCUT2D eigenvalue weighted by molar-refractivity contribution is -0.135. The predicted molar refractivity (Wildman–Crippen MR) is 69.0 cm³/mol. The minimum absolute atomic E-state index is 0.133.